The third kappa shape index (κ3) is 4.57. The number of rotatable bonds is 8. The fourth-order valence-electron chi connectivity index (χ4n) is 2.02. The SMILES string of the molecule is O=C(Nc1ccc(S(=O)(=O)F)cc1)C(F)(F)C(F)(F)C(F)(F)C(F)(F)C(F)(F)C(F)(F)C(F)(F)F. The van der Waals surface area contributed by atoms with Crippen LogP contribution in [0.2, 0.25) is 0 Å². The summed E-state index contributed by atoms with van der Waals surface area (Å²) in [6, 6.07) is 0.653. The Labute approximate surface area is 182 Å². The highest BCUT2D eigenvalue weighted by atomic mass is 32.3. The number of amides is 1. The number of nitrogens with one attached hydrogen (secondary N) is 1. The summed E-state index contributed by atoms with van der Waals surface area (Å²) in [5.41, 5.74) is -1.23. The monoisotopic (exact) mass is 571 g/mol. The molecule has 0 bridgehead atoms. The van der Waals surface area contributed by atoms with Crippen LogP contribution in [0.15, 0.2) is 29.2 Å². The van der Waals surface area contributed by atoms with Gasteiger partial charge >= 0.3 is 57.8 Å². The van der Waals surface area contributed by atoms with Gasteiger partial charge in [-0.25, -0.2) is 0 Å². The summed E-state index contributed by atoms with van der Waals surface area (Å²) < 4.78 is 230. The number of carbonyl (C=O) groups is 1. The summed E-state index contributed by atoms with van der Waals surface area (Å²) in [6.07, 6.45) is -7.76. The molecule has 0 unspecified atom stereocenters. The fourth-order valence-corrected chi connectivity index (χ4v) is 2.48. The first-order chi connectivity index (χ1) is 15.1. The number of halogens is 16. The summed E-state index contributed by atoms with van der Waals surface area (Å²) in [5.74, 6) is -52.6. The van der Waals surface area contributed by atoms with Gasteiger partial charge in [-0.05, 0) is 24.3 Å². The van der Waals surface area contributed by atoms with Crippen LogP contribution in [-0.2, 0) is 15.0 Å². The topological polar surface area (TPSA) is 63.2 Å². The summed E-state index contributed by atoms with van der Waals surface area (Å²) in [6.45, 7) is 0. The molecule has 0 aliphatic rings. The lowest BCUT2D eigenvalue weighted by molar-refractivity contribution is -0.449. The molecule has 202 valence electrons. The summed E-state index contributed by atoms with van der Waals surface area (Å²) >= 11 is 0. The van der Waals surface area contributed by atoms with E-state index in [1.54, 1.807) is 0 Å². The van der Waals surface area contributed by atoms with E-state index in [0.29, 0.717) is 5.32 Å². The second kappa shape index (κ2) is 8.29. The van der Waals surface area contributed by atoms with Crippen molar-refractivity contribution < 1.29 is 83.0 Å². The Morgan fingerprint density at radius 3 is 1.29 bits per heavy atom. The molecule has 0 aliphatic carbocycles. The van der Waals surface area contributed by atoms with Crippen LogP contribution in [0.3, 0.4) is 0 Å². The van der Waals surface area contributed by atoms with Crippen molar-refractivity contribution in [2.75, 3.05) is 5.32 Å². The number of benzene rings is 1. The summed E-state index contributed by atoms with van der Waals surface area (Å²) in [7, 11) is -5.45. The Morgan fingerprint density at radius 1 is 0.600 bits per heavy atom. The van der Waals surface area contributed by atoms with Gasteiger partial charge < -0.3 is 5.32 Å². The second-order valence-electron chi connectivity index (χ2n) is 6.36. The lowest BCUT2D eigenvalue weighted by atomic mass is 9.91. The van der Waals surface area contributed by atoms with Crippen molar-refractivity contribution in [2.24, 2.45) is 0 Å². The normalized spacial score (nSPS) is 15.2. The van der Waals surface area contributed by atoms with Gasteiger partial charge in [0.25, 0.3) is 0 Å². The second-order valence-corrected chi connectivity index (χ2v) is 7.71. The van der Waals surface area contributed by atoms with E-state index in [1.165, 1.54) is 0 Å². The molecule has 21 heteroatoms. The molecule has 0 saturated heterocycles. The first-order valence-electron chi connectivity index (χ1n) is 7.80. The van der Waals surface area contributed by atoms with Crippen LogP contribution in [0, 0.1) is 0 Å². The number of alkyl halides is 15. The van der Waals surface area contributed by atoms with Gasteiger partial charge in [-0.3, -0.25) is 4.79 Å². The molecule has 4 nitrogen and oxygen atoms in total. The summed E-state index contributed by atoms with van der Waals surface area (Å²) in [5, 5.41) is 0.604. The van der Waals surface area contributed by atoms with Crippen LogP contribution < -0.4 is 5.32 Å². The Hall–Kier alpha value is -2.48. The van der Waals surface area contributed by atoms with E-state index in [2.05, 4.69) is 0 Å². The van der Waals surface area contributed by atoms with Crippen molar-refractivity contribution >= 4 is 21.8 Å². The Morgan fingerprint density at radius 2 is 0.943 bits per heavy atom. The Kier molecular flexibility index (Phi) is 7.23. The van der Waals surface area contributed by atoms with Gasteiger partial charge in [0.15, 0.2) is 0 Å². The van der Waals surface area contributed by atoms with Crippen LogP contribution in [-0.4, -0.2) is 56.0 Å². The Bertz CT molecular complexity index is 1060. The predicted octanol–water partition coefficient (Wildman–Crippen LogP) is 5.66. The molecule has 0 aliphatic heterocycles. The standard InChI is InChI=1S/C14H5F16NO3S/c15-8(16,7(32)31-5-1-3-6(4-2-5)35(30,33)34)9(17,18)10(19,20)11(21,22)12(23,24)13(25,26)14(27,28)29/h1-4H,(H,31,32). The van der Waals surface area contributed by atoms with Gasteiger partial charge in [0.1, 0.15) is 0 Å². The predicted molar refractivity (Wildman–Crippen MR) is 79.1 cm³/mol. The molecule has 0 heterocycles. The first kappa shape index (κ1) is 30.6. The maximum atomic E-state index is 13.7. The summed E-state index contributed by atoms with van der Waals surface area (Å²) in [4.78, 5) is 10.1. The molecule has 1 aromatic carbocycles. The zero-order chi connectivity index (χ0) is 28.3. The third-order valence-electron chi connectivity index (χ3n) is 4.01. The Balaban J connectivity index is 3.46. The van der Waals surface area contributed by atoms with Gasteiger partial charge in [-0.1, -0.05) is 0 Å². The zero-order valence-electron chi connectivity index (χ0n) is 15.5. The van der Waals surface area contributed by atoms with Crippen molar-refractivity contribution in [3.05, 3.63) is 24.3 Å². The molecular formula is C14H5F16NO3S. The molecule has 0 radical (unpaired) electrons. The van der Waals surface area contributed by atoms with Gasteiger partial charge in [0, 0.05) is 5.69 Å². The van der Waals surface area contributed by atoms with E-state index in [1.807, 2.05) is 0 Å². The van der Waals surface area contributed by atoms with Gasteiger partial charge in [-0.2, -0.15) is 74.3 Å². The molecule has 1 aromatic rings. The van der Waals surface area contributed by atoms with Crippen LogP contribution in [0.4, 0.5) is 75.4 Å². The average molecular weight is 571 g/mol. The van der Waals surface area contributed by atoms with E-state index in [9.17, 15) is 83.0 Å². The lowest BCUT2D eigenvalue weighted by Gasteiger charge is -2.41. The van der Waals surface area contributed by atoms with Gasteiger partial charge in [0.2, 0.25) is 0 Å². The molecule has 1 N–H and O–H groups in total. The third-order valence-corrected chi connectivity index (χ3v) is 4.84. The van der Waals surface area contributed by atoms with Crippen LogP contribution in [0.1, 0.15) is 0 Å². The molecule has 0 fully saturated rings. The zero-order valence-corrected chi connectivity index (χ0v) is 16.3. The quantitative estimate of drug-likeness (QED) is 0.324. The van der Waals surface area contributed by atoms with Crippen molar-refractivity contribution in [2.45, 2.75) is 46.6 Å². The van der Waals surface area contributed by atoms with Crippen molar-refractivity contribution in [1.29, 1.82) is 0 Å². The maximum Gasteiger partial charge on any atom is 0.460 e. The lowest BCUT2D eigenvalue weighted by Crippen LogP contribution is -2.73. The highest BCUT2D eigenvalue weighted by Gasteiger charge is 2.94. The highest BCUT2D eigenvalue weighted by molar-refractivity contribution is 7.86. The van der Waals surface area contributed by atoms with E-state index in [4.69, 9.17) is 0 Å². The van der Waals surface area contributed by atoms with E-state index < -0.39 is 68.4 Å². The van der Waals surface area contributed by atoms with Gasteiger partial charge in [-0.15, -0.1) is 3.89 Å². The van der Waals surface area contributed by atoms with Gasteiger partial charge in [0.05, 0.1) is 4.90 Å². The smallest absolute Gasteiger partial charge is 0.321 e. The highest BCUT2D eigenvalue weighted by Crippen LogP contribution is 2.62. The minimum atomic E-state index is -8.55. The minimum Gasteiger partial charge on any atom is -0.321 e. The number of hydrogen-bond acceptors (Lipinski definition) is 3. The van der Waals surface area contributed by atoms with Crippen LogP contribution in [0.25, 0.3) is 0 Å². The molecule has 35 heavy (non-hydrogen) atoms. The largest absolute Gasteiger partial charge is 0.460 e. The maximum absolute atomic E-state index is 13.7. The molecule has 0 aromatic heterocycles. The van der Waals surface area contributed by atoms with Crippen LogP contribution >= 0.6 is 0 Å². The average Bonchev–Trinajstić information content (AvgIpc) is 2.65. The van der Waals surface area contributed by atoms with Crippen LogP contribution in [0.5, 0.6) is 0 Å². The molecule has 1 rings (SSSR count). The first-order valence-corrected chi connectivity index (χ1v) is 9.19. The number of carbonyl (C=O) groups excluding carboxylic acids is 1. The molecule has 0 spiro atoms. The van der Waals surface area contributed by atoms with E-state index in [0.717, 1.165) is 0 Å². The van der Waals surface area contributed by atoms with Crippen molar-refractivity contribution in [3.8, 4) is 0 Å². The van der Waals surface area contributed by atoms with E-state index in [-0.39, 0.29) is 24.3 Å². The number of hydrogen-bond donors (Lipinski definition) is 1. The van der Waals surface area contributed by atoms with E-state index >= 15 is 0 Å². The van der Waals surface area contributed by atoms with Crippen molar-refractivity contribution in [1.82, 2.24) is 0 Å². The fraction of sp³-hybridized carbons (Fsp3) is 0.500. The molecule has 0 atom stereocenters. The molecule has 1 amide bonds. The molecule has 0 saturated carbocycles. The number of anilines is 1. The molecular weight excluding hydrogens is 566 g/mol. The minimum absolute atomic E-state index is 0.156. The van der Waals surface area contributed by atoms with Crippen molar-refractivity contribution in [3.63, 3.8) is 0 Å².